The number of furan rings is 2. The van der Waals surface area contributed by atoms with Crippen molar-refractivity contribution in [3.63, 3.8) is 0 Å². The Morgan fingerprint density at radius 1 is 0.439 bits per heavy atom. The Hall–Kier alpha value is -7.83. The molecule has 4 heterocycles. The monoisotopic (exact) mass is 732 g/mol. The maximum Gasteiger partial charge on any atom is 0.248 e. The zero-order valence-electron chi connectivity index (χ0n) is 30.6. The van der Waals surface area contributed by atoms with Crippen LogP contribution in [0.5, 0.6) is 0 Å². The molecule has 268 valence electrons. The molecular formula is C51H32N4O2. The minimum Gasteiger partial charge on any atom is -0.455 e. The Morgan fingerprint density at radius 2 is 1.04 bits per heavy atom. The van der Waals surface area contributed by atoms with Gasteiger partial charge in [-0.05, 0) is 89.5 Å². The summed E-state index contributed by atoms with van der Waals surface area (Å²) in [6, 6.07) is 68.0. The molecule has 0 saturated carbocycles. The Bertz CT molecular complexity index is 3450. The molecule has 6 heteroatoms. The summed E-state index contributed by atoms with van der Waals surface area (Å²) in [5.74, 6) is 0.802. The fourth-order valence-electron chi connectivity index (χ4n) is 8.53. The van der Waals surface area contributed by atoms with E-state index in [2.05, 4.69) is 178 Å². The second kappa shape index (κ2) is 12.3. The van der Waals surface area contributed by atoms with Crippen LogP contribution >= 0.6 is 0 Å². The number of anilines is 3. The van der Waals surface area contributed by atoms with Gasteiger partial charge in [0.2, 0.25) is 11.5 Å². The molecule has 0 aliphatic heterocycles. The van der Waals surface area contributed by atoms with E-state index in [0.717, 1.165) is 89.1 Å². The highest BCUT2D eigenvalue weighted by molar-refractivity contribution is 6.10. The molecule has 12 rings (SSSR count). The maximum atomic E-state index is 6.43. The molecule has 0 unspecified atom stereocenters. The summed E-state index contributed by atoms with van der Waals surface area (Å²) in [6.45, 7) is 0. The van der Waals surface area contributed by atoms with Gasteiger partial charge >= 0.3 is 0 Å². The van der Waals surface area contributed by atoms with Crippen molar-refractivity contribution in [2.75, 3.05) is 4.90 Å². The molecule has 0 saturated heterocycles. The highest BCUT2D eigenvalue weighted by Crippen LogP contribution is 2.42. The van der Waals surface area contributed by atoms with Crippen molar-refractivity contribution >= 4 is 78.0 Å². The highest BCUT2D eigenvalue weighted by atomic mass is 16.3. The van der Waals surface area contributed by atoms with E-state index < -0.39 is 0 Å². The van der Waals surface area contributed by atoms with Crippen molar-refractivity contribution in [1.29, 1.82) is 0 Å². The number of para-hydroxylation sites is 4. The van der Waals surface area contributed by atoms with Crippen LogP contribution in [-0.4, -0.2) is 14.0 Å². The molecular weight excluding hydrogens is 701 g/mol. The smallest absolute Gasteiger partial charge is 0.248 e. The fraction of sp³-hybridized carbons (Fsp3) is 0. The van der Waals surface area contributed by atoms with Crippen LogP contribution in [0.25, 0.3) is 88.9 Å². The molecule has 6 nitrogen and oxygen atoms in total. The van der Waals surface area contributed by atoms with Gasteiger partial charge < -0.3 is 13.7 Å². The summed E-state index contributed by atoms with van der Waals surface area (Å²) < 4.78 is 17.2. The third kappa shape index (κ3) is 4.87. The number of fused-ring (bicyclic) bond motifs is 10. The number of imidazole rings is 2. The van der Waals surface area contributed by atoms with Crippen molar-refractivity contribution in [2.45, 2.75) is 0 Å². The third-order valence-electron chi connectivity index (χ3n) is 11.2. The van der Waals surface area contributed by atoms with Gasteiger partial charge in [-0.15, -0.1) is 0 Å². The lowest BCUT2D eigenvalue weighted by molar-refractivity contribution is 0.656. The summed E-state index contributed by atoms with van der Waals surface area (Å²) in [5, 5.41) is 3.28. The molecule has 0 atom stereocenters. The van der Waals surface area contributed by atoms with Crippen LogP contribution in [-0.2, 0) is 0 Å². The Kier molecular flexibility index (Phi) is 6.83. The summed E-state index contributed by atoms with van der Waals surface area (Å²) in [6.07, 6.45) is 0. The Labute approximate surface area is 326 Å². The van der Waals surface area contributed by atoms with Gasteiger partial charge in [-0.1, -0.05) is 121 Å². The van der Waals surface area contributed by atoms with E-state index in [1.807, 2.05) is 30.3 Å². The van der Waals surface area contributed by atoms with Crippen LogP contribution in [0.4, 0.5) is 17.1 Å². The number of benzene rings is 8. The zero-order chi connectivity index (χ0) is 37.5. The summed E-state index contributed by atoms with van der Waals surface area (Å²) in [5.41, 5.74) is 14.9. The van der Waals surface area contributed by atoms with Crippen LogP contribution < -0.4 is 4.90 Å². The van der Waals surface area contributed by atoms with Gasteiger partial charge in [0.15, 0.2) is 0 Å². The molecule has 57 heavy (non-hydrogen) atoms. The topological polar surface area (TPSA) is 51.8 Å². The first-order valence-electron chi connectivity index (χ1n) is 19.1. The average molecular weight is 733 g/mol. The molecule has 0 fully saturated rings. The first kappa shape index (κ1) is 31.5. The predicted octanol–water partition coefficient (Wildman–Crippen LogP) is 13.9. The molecule has 4 aromatic heterocycles. The fourth-order valence-corrected chi connectivity index (χ4v) is 8.53. The van der Waals surface area contributed by atoms with E-state index >= 15 is 0 Å². The van der Waals surface area contributed by atoms with Crippen LogP contribution in [0.15, 0.2) is 203 Å². The van der Waals surface area contributed by atoms with E-state index in [4.69, 9.17) is 13.8 Å². The largest absolute Gasteiger partial charge is 0.455 e. The van der Waals surface area contributed by atoms with Gasteiger partial charge in [0.1, 0.15) is 22.3 Å². The number of hydrogen-bond donors (Lipinski definition) is 0. The second-order valence-corrected chi connectivity index (χ2v) is 14.4. The second-order valence-electron chi connectivity index (χ2n) is 14.4. The maximum absolute atomic E-state index is 6.43. The van der Waals surface area contributed by atoms with Gasteiger partial charge in [-0.2, -0.15) is 4.98 Å². The molecule has 0 bridgehead atoms. The van der Waals surface area contributed by atoms with E-state index in [1.54, 1.807) is 0 Å². The van der Waals surface area contributed by atoms with Crippen LogP contribution in [0.1, 0.15) is 0 Å². The standard InChI is InChI=1S/C51H32N4O2/c1-3-12-33(13-4-1)34-22-26-37(27-23-34)53(38-28-24-35(25-29-38)40-18-11-19-42-41-16-7-9-20-46(41)56-49(40)42)39-30-31-44-45(32-39)54(36-14-5-2-6-15-36)51-52-50-48(55(44)51)43-17-8-10-21-47(43)57-50/h1-32H. The number of nitrogens with zero attached hydrogens (tertiary/aromatic N) is 4. The van der Waals surface area contributed by atoms with Gasteiger partial charge in [0.25, 0.3) is 0 Å². The normalized spacial score (nSPS) is 11.9. The summed E-state index contributed by atoms with van der Waals surface area (Å²) >= 11 is 0. The minimum atomic E-state index is 0.625. The van der Waals surface area contributed by atoms with Gasteiger partial charge in [0.05, 0.1) is 11.0 Å². The van der Waals surface area contributed by atoms with Crippen LogP contribution in [0.2, 0.25) is 0 Å². The molecule has 0 aliphatic rings. The molecule has 0 radical (unpaired) electrons. The van der Waals surface area contributed by atoms with Crippen LogP contribution in [0.3, 0.4) is 0 Å². The summed E-state index contributed by atoms with van der Waals surface area (Å²) in [7, 11) is 0. The van der Waals surface area contributed by atoms with Crippen molar-refractivity contribution < 1.29 is 8.83 Å². The number of aromatic nitrogens is 3. The van der Waals surface area contributed by atoms with Crippen molar-refractivity contribution in [2.24, 2.45) is 0 Å². The first-order valence-corrected chi connectivity index (χ1v) is 19.1. The van der Waals surface area contributed by atoms with Crippen molar-refractivity contribution in [3.8, 4) is 27.9 Å². The lowest BCUT2D eigenvalue weighted by Crippen LogP contribution is -2.10. The van der Waals surface area contributed by atoms with Crippen LogP contribution in [0, 0.1) is 0 Å². The van der Waals surface area contributed by atoms with E-state index in [1.165, 1.54) is 11.1 Å². The average Bonchev–Trinajstić information content (AvgIpc) is 4.02. The van der Waals surface area contributed by atoms with E-state index in [9.17, 15) is 0 Å². The molecule has 0 spiro atoms. The molecule has 0 amide bonds. The molecule has 12 aromatic rings. The van der Waals surface area contributed by atoms with Crippen molar-refractivity contribution in [3.05, 3.63) is 194 Å². The van der Waals surface area contributed by atoms with Gasteiger partial charge in [-0.25, -0.2) is 0 Å². The Balaban J connectivity index is 1.05. The lowest BCUT2D eigenvalue weighted by Gasteiger charge is -2.26. The first-order chi connectivity index (χ1) is 28.3. The zero-order valence-corrected chi connectivity index (χ0v) is 30.6. The number of rotatable bonds is 6. The highest BCUT2D eigenvalue weighted by Gasteiger charge is 2.23. The SMILES string of the molecule is c1ccc(-c2ccc(N(c3ccc(-c4cccc5c4oc4ccccc45)cc3)c3ccc4c(c3)n(-c3ccccc3)c3nc5oc6ccccc6c5n43)cc2)cc1. The third-order valence-corrected chi connectivity index (χ3v) is 11.2. The van der Waals surface area contributed by atoms with Gasteiger partial charge in [-0.3, -0.25) is 8.97 Å². The molecule has 8 aromatic carbocycles. The number of hydrogen-bond acceptors (Lipinski definition) is 4. The molecule has 0 aliphatic carbocycles. The van der Waals surface area contributed by atoms with Gasteiger partial charge in [0, 0.05) is 44.5 Å². The molecule has 0 N–H and O–H groups in total. The van der Waals surface area contributed by atoms with E-state index in [-0.39, 0.29) is 0 Å². The Morgan fingerprint density at radius 3 is 1.79 bits per heavy atom. The van der Waals surface area contributed by atoms with Crippen molar-refractivity contribution in [1.82, 2.24) is 14.0 Å². The lowest BCUT2D eigenvalue weighted by atomic mass is 10.0. The quantitative estimate of drug-likeness (QED) is 0.171. The van der Waals surface area contributed by atoms with E-state index in [0.29, 0.717) is 5.71 Å². The predicted molar refractivity (Wildman–Crippen MR) is 232 cm³/mol. The minimum absolute atomic E-state index is 0.625. The summed E-state index contributed by atoms with van der Waals surface area (Å²) in [4.78, 5) is 7.43.